The third-order valence-electron chi connectivity index (χ3n) is 5.06. The zero-order chi connectivity index (χ0) is 10.8. The van der Waals surface area contributed by atoms with Gasteiger partial charge in [0.05, 0.1) is 0 Å². The van der Waals surface area contributed by atoms with E-state index in [2.05, 4.69) is 10.2 Å². The van der Waals surface area contributed by atoms with Crippen molar-refractivity contribution in [2.75, 3.05) is 26.2 Å². The molecule has 0 radical (unpaired) electrons. The van der Waals surface area contributed by atoms with Gasteiger partial charge in [0.1, 0.15) is 0 Å². The molecule has 3 atom stereocenters. The van der Waals surface area contributed by atoms with Crippen LogP contribution >= 0.6 is 0 Å². The molecule has 1 N–H and O–H groups in total. The summed E-state index contributed by atoms with van der Waals surface area (Å²) >= 11 is 0. The Hall–Kier alpha value is -0.0800. The Labute approximate surface area is 99.8 Å². The largest absolute Gasteiger partial charge is 0.312 e. The molecule has 0 amide bonds. The highest BCUT2D eigenvalue weighted by molar-refractivity contribution is 4.91. The molecule has 0 spiro atoms. The number of likely N-dealkylation sites (tertiary alicyclic amines) is 1. The first-order valence-corrected chi connectivity index (χ1v) is 7.39. The quantitative estimate of drug-likeness (QED) is 0.771. The van der Waals surface area contributed by atoms with Crippen LogP contribution in [0.2, 0.25) is 0 Å². The minimum atomic E-state index is 0.817. The Balaban J connectivity index is 1.59. The summed E-state index contributed by atoms with van der Waals surface area (Å²) in [7, 11) is 0. The number of hydrogen-bond acceptors (Lipinski definition) is 2. The molecule has 2 aliphatic heterocycles. The second-order valence-corrected chi connectivity index (χ2v) is 6.07. The molecule has 1 aliphatic carbocycles. The van der Waals surface area contributed by atoms with Gasteiger partial charge in [0.15, 0.2) is 0 Å². The first-order chi connectivity index (χ1) is 7.93. The highest BCUT2D eigenvalue weighted by Crippen LogP contribution is 2.37. The van der Waals surface area contributed by atoms with Crippen molar-refractivity contribution >= 4 is 0 Å². The molecule has 2 nitrogen and oxygen atoms in total. The van der Waals surface area contributed by atoms with Crippen molar-refractivity contribution in [3.8, 4) is 0 Å². The van der Waals surface area contributed by atoms with E-state index >= 15 is 0 Å². The van der Waals surface area contributed by atoms with Gasteiger partial charge in [-0.1, -0.05) is 19.3 Å². The molecule has 2 saturated heterocycles. The van der Waals surface area contributed by atoms with E-state index in [-0.39, 0.29) is 0 Å². The molecule has 2 heteroatoms. The summed E-state index contributed by atoms with van der Waals surface area (Å²) in [4.78, 5) is 2.69. The molecule has 1 saturated carbocycles. The molecule has 92 valence electrons. The van der Waals surface area contributed by atoms with Crippen LogP contribution in [-0.4, -0.2) is 37.1 Å². The van der Waals surface area contributed by atoms with Gasteiger partial charge in [-0.3, -0.25) is 0 Å². The highest BCUT2D eigenvalue weighted by atomic mass is 15.2. The molecule has 0 unspecified atom stereocenters. The third-order valence-corrected chi connectivity index (χ3v) is 5.06. The summed E-state index contributed by atoms with van der Waals surface area (Å²) < 4.78 is 0. The molecular weight excluding hydrogens is 196 g/mol. The zero-order valence-electron chi connectivity index (χ0n) is 10.5. The van der Waals surface area contributed by atoms with Crippen LogP contribution < -0.4 is 5.32 Å². The summed E-state index contributed by atoms with van der Waals surface area (Å²) in [6.07, 6.45) is 10.3. The Morgan fingerprint density at radius 3 is 2.62 bits per heavy atom. The maximum Gasteiger partial charge on any atom is 0.0225 e. The van der Waals surface area contributed by atoms with Crippen LogP contribution in [-0.2, 0) is 0 Å². The van der Waals surface area contributed by atoms with Gasteiger partial charge >= 0.3 is 0 Å². The molecule has 3 rings (SSSR count). The molecule has 3 aliphatic rings. The summed E-state index contributed by atoms with van der Waals surface area (Å²) in [5, 5.41) is 3.80. The molecule has 0 aromatic rings. The van der Waals surface area contributed by atoms with Gasteiger partial charge in [-0.2, -0.15) is 0 Å². The van der Waals surface area contributed by atoms with Crippen molar-refractivity contribution in [1.29, 1.82) is 0 Å². The van der Waals surface area contributed by atoms with Gasteiger partial charge in [0, 0.05) is 12.6 Å². The predicted molar refractivity (Wildman–Crippen MR) is 67.5 cm³/mol. The fraction of sp³-hybridized carbons (Fsp3) is 1.00. The standard InChI is InChI=1S/C14H26N2/c1-2-6-13-12(5-1)7-8-15-14(13)11-16-9-3-4-10-16/h12-15H,1-11H2/t12-,13+,14-/m1/s1. The van der Waals surface area contributed by atoms with Crippen molar-refractivity contribution in [3.05, 3.63) is 0 Å². The molecule has 2 heterocycles. The van der Waals surface area contributed by atoms with Crippen LogP contribution in [0, 0.1) is 11.8 Å². The lowest BCUT2D eigenvalue weighted by Gasteiger charge is -2.43. The van der Waals surface area contributed by atoms with E-state index in [1.807, 2.05) is 0 Å². The van der Waals surface area contributed by atoms with Gasteiger partial charge < -0.3 is 10.2 Å². The fourth-order valence-corrected chi connectivity index (χ4v) is 4.17. The van der Waals surface area contributed by atoms with Crippen molar-refractivity contribution in [3.63, 3.8) is 0 Å². The fourth-order valence-electron chi connectivity index (χ4n) is 4.17. The van der Waals surface area contributed by atoms with Gasteiger partial charge in [0.25, 0.3) is 0 Å². The first-order valence-electron chi connectivity index (χ1n) is 7.39. The topological polar surface area (TPSA) is 15.3 Å². The van der Waals surface area contributed by atoms with E-state index < -0.39 is 0 Å². The predicted octanol–water partition coefficient (Wildman–Crippen LogP) is 2.25. The number of nitrogens with one attached hydrogen (secondary N) is 1. The Morgan fingerprint density at radius 1 is 0.938 bits per heavy atom. The van der Waals surface area contributed by atoms with E-state index in [1.54, 1.807) is 0 Å². The van der Waals surface area contributed by atoms with E-state index in [9.17, 15) is 0 Å². The number of fused-ring (bicyclic) bond motifs is 1. The van der Waals surface area contributed by atoms with Gasteiger partial charge in [-0.05, 0) is 57.2 Å². The zero-order valence-corrected chi connectivity index (χ0v) is 10.5. The summed E-state index contributed by atoms with van der Waals surface area (Å²) in [6, 6.07) is 0.817. The monoisotopic (exact) mass is 222 g/mol. The van der Waals surface area contributed by atoms with E-state index in [1.165, 1.54) is 71.1 Å². The molecule has 3 fully saturated rings. The van der Waals surface area contributed by atoms with Gasteiger partial charge in [-0.25, -0.2) is 0 Å². The molecular formula is C14H26N2. The maximum atomic E-state index is 3.80. The van der Waals surface area contributed by atoms with Crippen LogP contribution in [0.1, 0.15) is 44.9 Å². The van der Waals surface area contributed by atoms with E-state index in [4.69, 9.17) is 0 Å². The average molecular weight is 222 g/mol. The minimum Gasteiger partial charge on any atom is -0.312 e. The maximum absolute atomic E-state index is 3.80. The average Bonchev–Trinajstić information content (AvgIpc) is 2.82. The molecule has 0 aromatic heterocycles. The van der Waals surface area contributed by atoms with Gasteiger partial charge in [0.2, 0.25) is 0 Å². The van der Waals surface area contributed by atoms with Crippen LogP contribution in [0.3, 0.4) is 0 Å². The Bertz CT molecular complexity index is 221. The molecule has 0 aromatic carbocycles. The van der Waals surface area contributed by atoms with Gasteiger partial charge in [-0.15, -0.1) is 0 Å². The van der Waals surface area contributed by atoms with Crippen molar-refractivity contribution in [2.45, 2.75) is 51.0 Å². The lowest BCUT2D eigenvalue weighted by molar-refractivity contribution is 0.110. The summed E-state index contributed by atoms with van der Waals surface area (Å²) in [6.45, 7) is 5.33. The van der Waals surface area contributed by atoms with E-state index in [0.717, 1.165) is 17.9 Å². The SMILES string of the molecule is C1CC[C@H]2[C@H](C1)CCN[C@@H]2CN1CCCC1. The van der Waals surface area contributed by atoms with Crippen LogP contribution in [0.15, 0.2) is 0 Å². The van der Waals surface area contributed by atoms with Crippen molar-refractivity contribution < 1.29 is 0 Å². The smallest absolute Gasteiger partial charge is 0.0225 e. The normalized spacial score (nSPS) is 40.9. The number of nitrogens with zero attached hydrogens (tertiary/aromatic N) is 1. The van der Waals surface area contributed by atoms with Crippen molar-refractivity contribution in [2.24, 2.45) is 11.8 Å². The minimum absolute atomic E-state index is 0.817. The van der Waals surface area contributed by atoms with Crippen LogP contribution in [0.5, 0.6) is 0 Å². The molecule has 0 bridgehead atoms. The van der Waals surface area contributed by atoms with Crippen LogP contribution in [0.25, 0.3) is 0 Å². The summed E-state index contributed by atoms with van der Waals surface area (Å²) in [5.41, 5.74) is 0. The van der Waals surface area contributed by atoms with Crippen LogP contribution in [0.4, 0.5) is 0 Å². The third kappa shape index (κ3) is 2.28. The Morgan fingerprint density at radius 2 is 1.75 bits per heavy atom. The second kappa shape index (κ2) is 5.05. The highest BCUT2D eigenvalue weighted by Gasteiger charge is 2.35. The lowest BCUT2D eigenvalue weighted by atomic mass is 9.71. The lowest BCUT2D eigenvalue weighted by Crippen LogP contribution is -2.52. The number of hydrogen-bond donors (Lipinski definition) is 1. The first kappa shape index (κ1) is 11.0. The second-order valence-electron chi connectivity index (χ2n) is 6.07. The number of rotatable bonds is 2. The summed E-state index contributed by atoms with van der Waals surface area (Å²) in [5.74, 6) is 2.06. The van der Waals surface area contributed by atoms with Crippen molar-refractivity contribution in [1.82, 2.24) is 10.2 Å². The number of piperidine rings is 1. The molecule has 16 heavy (non-hydrogen) atoms. The van der Waals surface area contributed by atoms with E-state index in [0.29, 0.717) is 0 Å². The Kier molecular flexibility index (Phi) is 3.49.